The largest absolute Gasteiger partial charge is 0.497 e. The van der Waals surface area contributed by atoms with Gasteiger partial charge in [-0.1, -0.05) is 24.3 Å². The van der Waals surface area contributed by atoms with Crippen molar-refractivity contribution < 1.29 is 17.5 Å². The molecule has 4 nitrogen and oxygen atoms in total. The van der Waals surface area contributed by atoms with Crippen LogP contribution in [0.4, 0.5) is 4.39 Å². The Bertz CT molecular complexity index is 743. The Morgan fingerprint density at radius 2 is 1.62 bits per heavy atom. The number of methoxy groups -OCH3 is 1. The lowest BCUT2D eigenvalue weighted by atomic mass is 10.1. The standard InChI is InChI=1S/C18H22FNO3S/c1-14(3-4-15-7-11-18(23-2)12-8-15)20-24(21,22)13-16-5-9-17(19)10-6-16/h5-12,14,20H,3-4,13H2,1-2H3. The van der Waals surface area contributed by atoms with Gasteiger partial charge in [-0.15, -0.1) is 0 Å². The Balaban J connectivity index is 1.85. The second-order valence-corrected chi connectivity index (χ2v) is 7.55. The molecule has 0 saturated heterocycles. The summed E-state index contributed by atoms with van der Waals surface area (Å²) in [4.78, 5) is 0. The normalized spacial score (nSPS) is 12.8. The molecule has 24 heavy (non-hydrogen) atoms. The molecule has 0 spiro atoms. The molecule has 0 amide bonds. The summed E-state index contributed by atoms with van der Waals surface area (Å²) in [7, 11) is -1.84. The summed E-state index contributed by atoms with van der Waals surface area (Å²) in [6.07, 6.45) is 1.46. The number of benzene rings is 2. The zero-order valence-corrected chi connectivity index (χ0v) is 14.6. The zero-order valence-electron chi connectivity index (χ0n) is 13.8. The Kier molecular flexibility index (Phi) is 6.34. The molecule has 0 aliphatic heterocycles. The molecule has 2 aromatic carbocycles. The molecule has 6 heteroatoms. The summed E-state index contributed by atoms with van der Waals surface area (Å²) in [5.41, 5.74) is 1.69. The molecule has 2 rings (SSSR count). The lowest BCUT2D eigenvalue weighted by molar-refractivity contribution is 0.414. The van der Waals surface area contributed by atoms with Crippen molar-refractivity contribution in [1.29, 1.82) is 0 Å². The summed E-state index contributed by atoms with van der Waals surface area (Å²) in [6.45, 7) is 1.84. The van der Waals surface area contributed by atoms with Crippen molar-refractivity contribution in [3.8, 4) is 5.75 Å². The first-order valence-corrected chi connectivity index (χ1v) is 9.40. The van der Waals surface area contributed by atoms with Gasteiger partial charge in [0, 0.05) is 6.04 Å². The summed E-state index contributed by atoms with van der Waals surface area (Å²) in [5.74, 6) is 0.268. The van der Waals surface area contributed by atoms with Crippen LogP contribution in [-0.2, 0) is 22.2 Å². The van der Waals surface area contributed by atoms with Gasteiger partial charge in [0.15, 0.2) is 0 Å². The minimum absolute atomic E-state index is 0.153. The third kappa shape index (κ3) is 5.94. The van der Waals surface area contributed by atoms with Crippen molar-refractivity contribution in [2.45, 2.75) is 31.6 Å². The Labute approximate surface area is 142 Å². The molecular weight excluding hydrogens is 329 g/mol. The van der Waals surface area contributed by atoms with Crippen LogP contribution in [0.5, 0.6) is 5.75 Å². The van der Waals surface area contributed by atoms with Gasteiger partial charge in [0.05, 0.1) is 12.9 Å². The van der Waals surface area contributed by atoms with E-state index >= 15 is 0 Å². The monoisotopic (exact) mass is 351 g/mol. The summed E-state index contributed by atoms with van der Waals surface area (Å²) < 4.78 is 45.0. The van der Waals surface area contributed by atoms with Gasteiger partial charge in [0.1, 0.15) is 11.6 Å². The van der Waals surface area contributed by atoms with Crippen molar-refractivity contribution in [3.63, 3.8) is 0 Å². The maximum Gasteiger partial charge on any atom is 0.216 e. The van der Waals surface area contributed by atoms with Gasteiger partial charge in [-0.05, 0) is 55.2 Å². The first-order chi connectivity index (χ1) is 11.4. The molecule has 0 aliphatic carbocycles. The molecule has 0 saturated carbocycles. The van der Waals surface area contributed by atoms with E-state index in [1.165, 1.54) is 24.3 Å². The highest BCUT2D eigenvalue weighted by Crippen LogP contribution is 2.14. The maximum absolute atomic E-state index is 12.9. The molecule has 2 aromatic rings. The number of aryl methyl sites for hydroxylation is 1. The number of sulfonamides is 1. The minimum atomic E-state index is -3.45. The van der Waals surface area contributed by atoms with Crippen LogP contribution in [0.3, 0.4) is 0 Å². The number of nitrogens with one attached hydrogen (secondary N) is 1. The van der Waals surface area contributed by atoms with Gasteiger partial charge in [0.2, 0.25) is 10.0 Å². The number of hydrogen-bond acceptors (Lipinski definition) is 3. The lowest BCUT2D eigenvalue weighted by Gasteiger charge is -2.14. The fourth-order valence-electron chi connectivity index (χ4n) is 2.38. The van der Waals surface area contributed by atoms with Crippen molar-refractivity contribution in [3.05, 3.63) is 65.5 Å². The maximum atomic E-state index is 12.9. The van der Waals surface area contributed by atoms with Gasteiger partial charge in [-0.2, -0.15) is 0 Å². The summed E-state index contributed by atoms with van der Waals surface area (Å²) in [6, 6.07) is 13.0. The van der Waals surface area contributed by atoms with Gasteiger partial charge in [0.25, 0.3) is 0 Å². The summed E-state index contributed by atoms with van der Waals surface area (Å²) in [5, 5.41) is 0. The highest BCUT2D eigenvalue weighted by molar-refractivity contribution is 7.88. The fraction of sp³-hybridized carbons (Fsp3) is 0.333. The van der Waals surface area contributed by atoms with Crippen LogP contribution < -0.4 is 9.46 Å². The van der Waals surface area contributed by atoms with Gasteiger partial charge >= 0.3 is 0 Å². The predicted octanol–water partition coefficient (Wildman–Crippen LogP) is 3.28. The van der Waals surface area contributed by atoms with E-state index in [4.69, 9.17) is 4.74 Å². The molecule has 1 atom stereocenters. The molecule has 1 unspecified atom stereocenters. The molecule has 0 radical (unpaired) electrons. The SMILES string of the molecule is COc1ccc(CCC(C)NS(=O)(=O)Cc2ccc(F)cc2)cc1. The first kappa shape index (κ1) is 18.4. The first-order valence-electron chi connectivity index (χ1n) is 7.75. The highest BCUT2D eigenvalue weighted by Gasteiger charge is 2.15. The van der Waals surface area contributed by atoms with Crippen LogP contribution in [0.15, 0.2) is 48.5 Å². The number of halogens is 1. The van der Waals surface area contributed by atoms with E-state index in [0.29, 0.717) is 12.0 Å². The van der Waals surface area contributed by atoms with E-state index in [-0.39, 0.29) is 17.6 Å². The third-order valence-electron chi connectivity index (χ3n) is 3.68. The van der Waals surface area contributed by atoms with E-state index in [2.05, 4.69) is 4.72 Å². The minimum Gasteiger partial charge on any atom is -0.497 e. The van der Waals surface area contributed by atoms with Crippen LogP contribution in [0, 0.1) is 5.82 Å². The highest BCUT2D eigenvalue weighted by atomic mass is 32.2. The average Bonchev–Trinajstić information content (AvgIpc) is 2.55. The Hall–Kier alpha value is -1.92. The third-order valence-corrected chi connectivity index (χ3v) is 5.15. The zero-order chi connectivity index (χ0) is 17.6. The van der Waals surface area contributed by atoms with E-state index in [9.17, 15) is 12.8 Å². The molecule has 0 aliphatic rings. The van der Waals surface area contributed by atoms with E-state index in [1.807, 2.05) is 31.2 Å². The molecule has 0 bridgehead atoms. The van der Waals surface area contributed by atoms with Gasteiger partial charge in [-0.3, -0.25) is 0 Å². The smallest absolute Gasteiger partial charge is 0.216 e. The summed E-state index contributed by atoms with van der Waals surface area (Å²) >= 11 is 0. The van der Waals surface area contributed by atoms with Crippen LogP contribution in [0.1, 0.15) is 24.5 Å². The quantitative estimate of drug-likeness (QED) is 0.794. The van der Waals surface area contributed by atoms with Gasteiger partial charge < -0.3 is 4.74 Å². The van der Waals surface area contributed by atoms with Crippen molar-refractivity contribution in [2.24, 2.45) is 0 Å². The van der Waals surface area contributed by atoms with E-state index in [1.54, 1.807) is 7.11 Å². The van der Waals surface area contributed by atoms with E-state index in [0.717, 1.165) is 17.7 Å². The molecule has 0 aromatic heterocycles. The van der Waals surface area contributed by atoms with Crippen molar-refractivity contribution in [1.82, 2.24) is 4.72 Å². The van der Waals surface area contributed by atoms with E-state index < -0.39 is 10.0 Å². The molecule has 1 N–H and O–H groups in total. The molecule has 0 heterocycles. The van der Waals surface area contributed by atoms with Gasteiger partial charge in [-0.25, -0.2) is 17.5 Å². The van der Waals surface area contributed by atoms with Crippen molar-refractivity contribution >= 4 is 10.0 Å². The molecule has 0 fully saturated rings. The number of ether oxygens (including phenoxy) is 1. The van der Waals surface area contributed by atoms with Crippen LogP contribution >= 0.6 is 0 Å². The topological polar surface area (TPSA) is 55.4 Å². The second-order valence-electron chi connectivity index (χ2n) is 5.79. The fourth-order valence-corrected chi connectivity index (χ4v) is 3.83. The lowest BCUT2D eigenvalue weighted by Crippen LogP contribution is -2.33. The van der Waals surface area contributed by atoms with Crippen LogP contribution in [0.2, 0.25) is 0 Å². The second kappa shape index (κ2) is 8.26. The average molecular weight is 351 g/mol. The molecule has 130 valence electrons. The molecular formula is C18H22FNO3S. The number of hydrogen-bond donors (Lipinski definition) is 1. The predicted molar refractivity (Wildman–Crippen MR) is 92.9 cm³/mol. The van der Waals surface area contributed by atoms with Crippen LogP contribution in [-0.4, -0.2) is 21.6 Å². The Morgan fingerprint density at radius 1 is 1.04 bits per heavy atom. The Morgan fingerprint density at radius 3 is 2.21 bits per heavy atom. The van der Waals surface area contributed by atoms with Crippen molar-refractivity contribution in [2.75, 3.05) is 7.11 Å². The number of rotatable bonds is 8. The van der Waals surface area contributed by atoms with Crippen LogP contribution in [0.25, 0.3) is 0 Å².